The van der Waals surface area contributed by atoms with Gasteiger partial charge in [0.25, 0.3) is 0 Å². The molecule has 2 amide bonds. The predicted octanol–water partition coefficient (Wildman–Crippen LogP) is 3.10. The highest BCUT2D eigenvalue weighted by atomic mass is 16.5. The minimum absolute atomic E-state index is 0.188. The van der Waals surface area contributed by atoms with Crippen molar-refractivity contribution in [1.82, 2.24) is 25.5 Å². The van der Waals surface area contributed by atoms with Crippen molar-refractivity contribution in [2.45, 2.75) is 25.8 Å². The number of rotatable bonds is 9. The molecule has 228 valence electrons. The van der Waals surface area contributed by atoms with Crippen molar-refractivity contribution in [2.75, 3.05) is 38.5 Å². The Balaban J connectivity index is 1.50. The van der Waals surface area contributed by atoms with Gasteiger partial charge in [-0.3, -0.25) is 14.4 Å². The van der Waals surface area contributed by atoms with Crippen molar-refractivity contribution in [3.05, 3.63) is 69.9 Å². The van der Waals surface area contributed by atoms with Crippen molar-refractivity contribution < 1.29 is 23.8 Å². The van der Waals surface area contributed by atoms with Gasteiger partial charge >= 0.3 is 0 Å². The van der Waals surface area contributed by atoms with Crippen LogP contribution in [-0.2, 0) is 23.1 Å². The molecule has 0 spiro atoms. The number of anilines is 2. The summed E-state index contributed by atoms with van der Waals surface area (Å²) in [5.74, 6) is 1.15. The highest BCUT2D eigenvalue weighted by Crippen LogP contribution is 2.50. The fourth-order valence-electron chi connectivity index (χ4n) is 5.40. The maximum atomic E-state index is 13.5. The van der Waals surface area contributed by atoms with E-state index in [9.17, 15) is 14.4 Å². The molecule has 4 aromatic rings. The Morgan fingerprint density at radius 1 is 0.977 bits per heavy atom. The highest BCUT2D eigenvalue weighted by Gasteiger charge is 2.29. The Bertz CT molecular complexity index is 1790. The Kier molecular flexibility index (Phi) is 8.74. The molecule has 5 rings (SSSR count). The van der Waals surface area contributed by atoms with E-state index in [1.807, 2.05) is 12.1 Å². The van der Waals surface area contributed by atoms with Crippen LogP contribution in [0.1, 0.15) is 30.5 Å². The average molecular weight is 600 g/mol. The summed E-state index contributed by atoms with van der Waals surface area (Å²) in [5.41, 5.74) is 3.94. The SMILES string of the molecule is COc1cc2c(c(OC)c1OC)-c1ccc(NCC(=O)Nc3ccccc3-c3nnn(C)n3)c(=O)cc1C(NC(C)=O)CC2. The van der Waals surface area contributed by atoms with Crippen LogP contribution in [-0.4, -0.2) is 59.9 Å². The van der Waals surface area contributed by atoms with Gasteiger partial charge in [0, 0.05) is 18.1 Å². The first-order valence-corrected chi connectivity index (χ1v) is 13.9. The van der Waals surface area contributed by atoms with Crippen molar-refractivity contribution in [3.63, 3.8) is 0 Å². The molecule has 1 atom stereocenters. The number of ether oxygens (including phenoxy) is 3. The second-order valence-electron chi connectivity index (χ2n) is 10.1. The standard InChI is InChI=1S/C31H33N7O6/c1-17(39)33-23-12-10-18-14-26(42-3)29(43-4)30(44-5)28(18)19-11-13-24(25(40)15-21(19)23)32-16-27(41)34-22-9-7-6-8-20(22)31-35-37-38(2)36-31/h6-9,11,13-15,23H,10,12,16H2,1-5H3,(H,32,40)(H,33,39)(H,34,41). The van der Waals surface area contributed by atoms with Crippen LogP contribution < -0.4 is 35.6 Å². The van der Waals surface area contributed by atoms with Crippen LogP contribution in [0.5, 0.6) is 17.2 Å². The van der Waals surface area contributed by atoms with Crippen molar-refractivity contribution >= 4 is 23.2 Å². The summed E-state index contributed by atoms with van der Waals surface area (Å²) in [6, 6.07) is 13.5. The van der Waals surface area contributed by atoms with Crippen molar-refractivity contribution in [2.24, 2.45) is 7.05 Å². The molecule has 44 heavy (non-hydrogen) atoms. The molecule has 13 nitrogen and oxygen atoms in total. The lowest BCUT2D eigenvalue weighted by Crippen LogP contribution is -2.27. The number of aromatic nitrogens is 4. The fraction of sp³-hybridized carbons (Fsp3) is 0.290. The first kappa shape index (κ1) is 30.0. The number of nitrogens with one attached hydrogen (secondary N) is 3. The first-order valence-electron chi connectivity index (χ1n) is 13.9. The molecule has 0 aliphatic heterocycles. The van der Waals surface area contributed by atoms with Crippen molar-refractivity contribution in [3.8, 4) is 39.8 Å². The normalized spacial score (nSPS) is 13.5. The van der Waals surface area contributed by atoms with Gasteiger partial charge in [0.05, 0.1) is 52.3 Å². The van der Waals surface area contributed by atoms with Crippen molar-refractivity contribution in [1.29, 1.82) is 0 Å². The number of fused-ring (bicyclic) bond motifs is 3. The quantitative estimate of drug-likeness (QED) is 0.261. The van der Waals surface area contributed by atoms with Crippen LogP contribution in [0.25, 0.3) is 22.5 Å². The third-order valence-electron chi connectivity index (χ3n) is 7.31. The van der Waals surface area contributed by atoms with Gasteiger partial charge in [0.2, 0.25) is 28.8 Å². The molecule has 0 radical (unpaired) electrons. The smallest absolute Gasteiger partial charge is 0.243 e. The summed E-state index contributed by atoms with van der Waals surface area (Å²) in [6.07, 6.45) is 1.12. The Labute approximate surface area is 253 Å². The van der Waals surface area contributed by atoms with Gasteiger partial charge in [-0.25, -0.2) is 0 Å². The highest BCUT2D eigenvalue weighted by molar-refractivity contribution is 5.97. The number of methoxy groups -OCH3 is 3. The second kappa shape index (κ2) is 12.8. The largest absolute Gasteiger partial charge is 0.493 e. The Hall–Kier alpha value is -5.46. The van der Waals surface area contributed by atoms with Gasteiger partial charge < -0.3 is 30.2 Å². The molecule has 1 aliphatic carbocycles. The Morgan fingerprint density at radius 3 is 2.43 bits per heavy atom. The van der Waals surface area contributed by atoms with E-state index in [4.69, 9.17) is 14.2 Å². The van der Waals surface area contributed by atoms with Gasteiger partial charge in [-0.05, 0) is 65.1 Å². The number of tetrazole rings is 1. The summed E-state index contributed by atoms with van der Waals surface area (Å²) in [6.45, 7) is 1.25. The molecule has 1 aliphatic rings. The minimum Gasteiger partial charge on any atom is -0.493 e. The van der Waals surface area contributed by atoms with Crippen LogP contribution in [0, 0.1) is 0 Å². The zero-order valence-corrected chi connectivity index (χ0v) is 25.1. The van der Waals surface area contributed by atoms with E-state index >= 15 is 0 Å². The van der Waals surface area contributed by atoms with E-state index in [1.54, 1.807) is 51.6 Å². The zero-order valence-electron chi connectivity index (χ0n) is 25.1. The van der Waals surface area contributed by atoms with E-state index < -0.39 is 6.04 Å². The van der Waals surface area contributed by atoms with E-state index in [1.165, 1.54) is 24.9 Å². The number of carbonyl (C=O) groups is 2. The number of benzene rings is 2. The number of nitrogens with zero attached hydrogens (tertiary/aromatic N) is 4. The number of hydrogen-bond acceptors (Lipinski definition) is 10. The monoisotopic (exact) mass is 599 g/mol. The molecule has 13 heteroatoms. The zero-order chi connectivity index (χ0) is 31.4. The maximum Gasteiger partial charge on any atom is 0.243 e. The third-order valence-corrected chi connectivity index (χ3v) is 7.31. The first-order chi connectivity index (χ1) is 21.2. The topological polar surface area (TPSA) is 159 Å². The summed E-state index contributed by atoms with van der Waals surface area (Å²) in [7, 11) is 6.28. The maximum absolute atomic E-state index is 13.5. The summed E-state index contributed by atoms with van der Waals surface area (Å²) in [5, 5.41) is 20.9. The molecule has 0 saturated carbocycles. The fourth-order valence-corrected chi connectivity index (χ4v) is 5.40. The lowest BCUT2D eigenvalue weighted by molar-refractivity contribution is -0.119. The van der Waals surface area contributed by atoms with E-state index in [2.05, 4.69) is 31.4 Å². The molecular weight excluding hydrogens is 566 g/mol. The number of hydrogen-bond donors (Lipinski definition) is 3. The van der Waals surface area contributed by atoms with Gasteiger partial charge in [-0.15, -0.1) is 10.2 Å². The van der Waals surface area contributed by atoms with Gasteiger partial charge in [0.15, 0.2) is 11.5 Å². The Morgan fingerprint density at radius 2 is 1.75 bits per heavy atom. The summed E-state index contributed by atoms with van der Waals surface area (Å²) < 4.78 is 17.0. The number of para-hydroxylation sites is 1. The second-order valence-corrected chi connectivity index (χ2v) is 10.1. The summed E-state index contributed by atoms with van der Waals surface area (Å²) >= 11 is 0. The predicted molar refractivity (Wildman–Crippen MR) is 164 cm³/mol. The molecule has 1 aromatic heterocycles. The van der Waals surface area contributed by atoms with Gasteiger partial charge in [0.1, 0.15) is 0 Å². The molecule has 1 heterocycles. The number of carbonyl (C=O) groups excluding carboxylic acids is 2. The van der Waals surface area contributed by atoms with E-state index in [0.29, 0.717) is 58.3 Å². The molecule has 1 unspecified atom stereocenters. The van der Waals surface area contributed by atoms with Crippen LogP contribution in [0.3, 0.4) is 0 Å². The van der Waals surface area contributed by atoms with Crippen LogP contribution in [0.4, 0.5) is 11.4 Å². The number of aryl methyl sites for hydroxylation is 2. The van der Waals surface area contributed by atoms with Gasteiger partial charge in [-0.1, -0.05) is 18.2 Å². The average Bonchev–Trinajstić information content (AvgIpc) is 3.31. The van der Waals surface area contributed by atoms with E-state index in [-0.39, 0.29) is 29.5 Å². The molecule has 3 aromatic carbocycles. The lowest BCUT2D eigenvalue weighted by atomic mass is 9.95. The van der Waals surface area contributed by atoms with Crippen LogP contribution in [0.2, 0.25) is 0 Å². The molecule has 0 saturated heterocycles. The van der Waals surface area contributed by atoms with E-state index in [0.717, 1.165) is 11.1 Å². The molecule has 0 fully saturated rings. The van der Waals surface area contributed by atoms with Crippen LogP contribution >= 0.6 is 0 Å². The molecule has 3 N–H and O–H groups in total. The number of amides is 2. The molecular formula is C31H33N7O6. The minimum atomic E-state index is -0.445. The molecule has 0 bridgehead atoms. The third kappa shape index (κ3) is 6.02. The van der Waals surface area contributed by atoms with Crippen LogP contribution in [0.15, 0.2) is 53.3 Å². The summed E-state index contributed by atoms with van der Waals surface area (Å²) in [4.78, 5) is 40.0. The van der Waals surface area contributed by atoms with Gasteiger partial charge in [-0.2, -0.15) is 4.80 Å². The lowest BCUT2D eigenvalue weighted by Gasteiger charge is -2.19.